The lowest BCUT2D eigenvalue weighted by Crippen LogP contribution is -2.37. The highest BCUT2D eigenvalue weighted by Gasteiger charge is 2.34. The van der Waals surface area contributed by atoms with Gasteiger partial charge in [-0.2, -0.15) is 8.78 Å². The standard InChI is InChI=1S/C21H16F2N2O6S/c22-20(23)31-14-4-2-1-3-13(14)18(26)24-7-8-25-19(27)17(32-21(25)28)10-12-5-6-15-16(9-12)30-11-29-15/h1-6,9-10,20H,7-8,11H2,(H,24,26)/b17-10-. The first-order valence-electron chi connectivity index (χ1n) is 9.39. The fourth-order valence-electron chi connectivity index (χ4n) is 3.08. The average Bonchev–Trinajstić information content (AvgIpc) is 3.33. The highest BCUT2D eigenvalue weighted by molar-refractivity contribution is 8.18. The van der Waals surface area contributed by atoms with Gasteiger partial charge in [-0.3, -0.25) is 19.3 Å². The maximum absolute atomic E-state index is 12.6. The smallest absolute Gasteiger partial charge is 0.387 e. The summed E-state index contributed by atoms with van der Waals surface area (Å²) < 4.78 is 39.9. The number of carbonyl (C=O) groups excluding carboxylic acids is 3. The number of hydrogen-bond donors (Lipinski definition) is 1. The second-order valence-electron chi connectivity index (χ2n) is 6.58. The first-order chi connectivity index (χ1) is 15.4. The Balaban J connectivity index is 1.37. The Hall–Kier alpha value is -3.60. The molecule has 166 valence electrons. The third kappa shape index (κ3) is 4.67. The number of halogens is 2. The van der Waals surface area contributed by atoms with E-state index < -0.39 is 23.7 Å². The average molecular weight is 462 g/mol. The van der Waals surface area contributed by atoms with Gasteiger partial charge in [0.05, 0.1) is 10.5 Å². The van der Waals surface area contributed by atoms with Gasteiger partial charge in [0.15, 0.2) is 11.5 Å². The van der Waals surface area contributed by atoms with Crippen molar-refractivity contribution in [1.29, 1.82) is 0 Å². The number of nitrogens with zero attached hydrogens (tertiary/aromatic N) is 1. The predicted molar refractivity (Wildman–Crippen MR) is 111 cm³/mol. The Bertz CT molecular complexity index is 1110. The van der Waals surface area contributed by atoms with Crippen LogP contribution in [0.2, 0.25) is 0 Å². The number of amides is 3. The maximum atomic E-state index is 12.6. The molecule has 32 heavy (non-hydrogen) atoms. The quantitative estimate of drug-likeness (QED) is 0.630. The number of alkyl halides is 2. The third-order valence-corrected chi connectivity index (χ3v) is 5.44. The van der Waals surface area contributed by atoms with Crippen molar-refractivity contribution in [3.8, 4) is 17.2 Å². The van der Waals surface area contributed by atoms with Gasteiger partial charge in [-0.1, -0.05) is 18.2 Å². The van der Waals surface area contributed by atoms with Crippen molar-refractivity contribution >= 4 is 34.9 Å². The van der Waals surface area contributed by atoms with E-state index in [1.54, 1.807) is 24.3 Å². The lowest BCUT2D eigenvalue weighted by atomic mass is 10.2. The number of rotatable bonds is 7. The van der Waals surface area contributed by atoms with E-state index in [-0.39, 0.29) is 36.1 Å². The molecule has 11 heteroatoms. The lowest BCUT2D eigenvalue weighted by Gasteiger charge is -2.14. The molecule has 2 aromatic rings. The van der Waals surface area contributed by atoms with E-state index in [1.807, 2.05) is 0 Å². The number of hydrogen-bond acceptors (Lipinski definition) is 7. The molecule has 0 bridgehead atoms. The van der Waals surface area contributed by atoms with E-state index in [9.17, 15) is 23.2 Å². The normalized spacial score (nSPS) is 16.2. The van der Waals surface area contributed by atoms with Crippen LogP contribution >= 0.6 is 11.8 Å². The van der Waals surface area contributed by atoms with Crippen LogP contribution in [0.1, 0.15) is 15.9 Å². The minimum absolute atomic E-state index is 0.0583. The van der Waals surface area contributed by atoms with Crippen LogP contribution < -0.4 is 19.5 Å². The fourth-order valence-corrected chi connectivity index (χ4v) is 3.94. The molecule has 2 aromatic carbocycles. The van der Waals surface area contributed by atoms with Gasteiger partial charge < -0.3 is 19.5 Å². The summed E-state index contributed by atoms with van der Waals surface area (Å²) in [6.07, 6.45) is 1.57. The SMILES string of the molecule is O=C(NCCN1C(=O)S/C(=C\c2ccc3c(c2)OCO3)C1=O)c1ccccc1OC(F)F. The van der Waals surface area contributed by atoms with E-state index >= 15 is 0 Å². The van der Waals surface area contributed by atoms with Crippen molar-refractivity contribution in [2.24, 2.45) is 0 Å². The molecule has 8 nitrogen and oxygen atoms in total. The van der Waals surface area contributed by atoms with E-state index in [0.29, 0.717) is 17.1 Å². The van der Waals surface area contributed by atoms with Gasteiger partial charge in [-0.15, -0.1) is 0 Å². The minimum Gasteiger partial charge on any atom is -0.454 e. The Morgan fingerprint density at radius 2 is 1.97 bits per heavy atom. The molecule has 1 fully saturated rings. The summed E-state index contributed by atoms with van der Waals surface area (Å²) in [6.45, 7) is -3.08. The Morgan fingerprint density at radius 1 is 1.19 bits per heavy atom. The first-order valence-corrected chi connectivity index (χ1v) is 10.2. The van der Waals surface area contributed by atoms with E-state index in [0.717, 1.165) is 16.7 Å². The van der Waals surface area contributed by atoms with Gasteiger partial charge in [0.25, 0.3) is 17.1 Å². The van der Waals surface area contributed by atoms with Gasteiger partial charge in [-0.25, -0.2) is 0 Å². The zero-order valence-electron chi connectivity index (χ0n) is 16.4. The summed E-state index contributed by atoms with van der Waals surface area (Å²) in [5.74, 6) is -0.265. The molecule has 2 heterocycles. The largest absolute Gasteiger partial charge is 0.454 e. The van der Waals surface area contributed by atoms with Crippen LogP contribution in [-0.2, 0) is 4.79 Å². The van der Waals surface area contributed by atoms with E-state index in [1.165, 1.54) is 24.3 Å². The first kappa shape index (κ1) is 21.6. The lowest BCUT2D eigenvalue weighted by molar-refractivity contribution is -0.122. The van der Waals surface area contributed by atoms with Crippen LogP contribution in [0.5, 0.6) is 17.2 Å². The molecule has 0 atom stereocenters. The number of benzene rings is 2. The Labute approximate surface area is 185 Å². The zero-order valence-corrected chi connectivity index (χ0v) is 17.2. The van der Waals surface area contributed by atoms with Crippen LogP contribution in [0, 0.1) is 0 Å². The number of nitrogens with one attached hydrogen (secondary N) is 1. The van der Waals surface area contributed by atoms with E-state index in [2.05, 4.69) is 10.1 Å². The second kappa shape index (κ2) is 9.27. The topological polar surface area (TPSA) is 94.2 Å². The molecular formula is C21H16F2N2O6S. The maximum Gasteiger partial charge on any atom is 0.387 e. The minimum atomic E-state index is -3.07. The van der Waals surface area contributed by atoms with Crippen molar-refractivity contribution in [1.82, 2.24) is 10.2 Å². The van der Waals surface area contributed by atoms with Crippen molar-refractivity contribution in [2.75, 3.05) is 19.9 Å². The van der Waals surface area contributed by atoms with Crippen LogP contribution in [0.4, 0.5) is 13.6 Å². The highest BCUT2D eigenvalue weighted by Crippen LogP contribution is 2.36. The van der Waals surface area contributed by atoms with Crippen molar-refractivity contribution in [3.05, 3.63) is 58.5 Å². The summed E-state index contributed by atoms with van der Waals surface area (Å²) in [5.41, 5.74) is 0.591. The molecule has 4 rings (SSSR count). The van der Waals surface area contributed by atoms with Gasteiger partial charge in [0.2, 0.25) is 6.79 Å². The van der Waals surface area contributed by atoms with Crippen molar-refractivity contribution < 1.29 is 37.4 Å². The number of para-hydroxylation sites is 1. The predicted octanol–water partition coefficient (Wildman–Crippen LogP) is 3.48. The monoisotopic (exact) mass is 462 g/mol. The number of thioether (sulfide) groups is 1. The zero-order chi connectivity index (χ0) is 22.7. The van der Waals surface area contributed by atoms with Crippen LogP contribution in [0.25, 0.3) is 6.08 Å². The summed E-state index contributed by atoms with van der Waals surface area (Å²) in [5, 5.41) is 2.03. The number of carbonyl (C=O) groups is 3. The molecule has 0 aliphatic carbocycles. The molecule has 0 unspecified atom stereocenters. The third-order valence-electron chi connectivity index (χ3n) is 4.54. The summed E-state index contributed by atoms with van der Waals surface area (Å²) in [4.78, 5) is 38.4. The summed E-state index contributed by atoms with van der Waals surface area (Å²) in [7, 11) is 0. The van der Waals surface area contributed by atoms with E-state index in [4.69, 9.17) is 9.47 Å². The molecule has 0 radical (unpaired) electrons. The molecule has 3 amide bonds. The van der Waals surface area contributed by atoms with Gasteiger partial charge in [0, 0.05) is 13.1 Å². The van der Waals surface area contributed by atoms with Gasteiger partial charge in [-0.05, 0) is 47.7 Å². The van der Waals surface area contributed by atoms with Crippen LogP contribution in [0.15, 0.2) is 47.4 Å². The van der Waals surface area contributed by atoms with Crippen LogP contribution in [0.3, 0.4) is 0 Å². The summed E-state index contributed by atoms with van der Waals surface area (Å²) in [6, 6.07) is 10.7. The molecule has 2 aliphatic rings. The number of imide groups is 1. The fraction of sp³-hybridized carbons (Fsp3) is 0.190. The molecular weight excluding hydrogens is 446 g/mol. The molecule has 2 aliphatic heterocycles. The van der Waals surface area contributed by atoms with Gasteiger partial charge in [0.1, 0.15) is 5.75 Å². The Kier molecular flexibility index (Phi) is 6.26. The van der Waals surface area contributed by atoms with Gasteiger partial charge >= 0.3 is 6.61 Å². The summed E-state index contributed by atoms with van der Waals surface area (Å²) >= 11 is 0.785. The number of fused-ring (bicyclic) bond motifs is 1. The van der Waals surface area contributed by atoms with Crippen molar-refractivity contribution in [3.63, 3.8) is 0 Å². The molecule has 1 N–H and O–H groups in total. The Morgan fingerprint density at radius 3 is 2.78 bits per heavy atom. The van der Waals surface area contributed by atoms with Crippen molar-refractivity contribution in [2.45, 2.75) is 6.61 Å². The number of ether oxygens (including phenoxy) is 3. The second-order valence-corrected chi connectivity index (χ2v) is 7.57. The molecule has 0 spiro atoms. The molecule has 1 saturated heterocycles. The molecule has 0 aromatic heterocycles. The van der Waals surface area contributed by atoms with Crippen LogP contribution in [-0.4, -0.2) is 48.4 Å². The molecule has 0 saturated carbocycles. The highest BCUT2D eigenvalue weighted by atomic mass is 32.2.